The second-order valence-corrected chi connectivity index (χ2v) is 11.9. The number of phenolic OH excluding ortho intramolecular Hbond substituents is 1. The molecule has 8 nitrogen and oxygen atoms in total. The summed E-state index contributed by atoms with van der Waals surface area (Å²) in [7, 11) is 1.76. The van der Waals surface area contributed by atoms with Gasteiger partial charge in [-0.2, -0.15) is 5.26 Å². The van der Waals surface area contributed by atoms with E-state index in [1.54, 1.807) is 42.7 Å². The van der Waals surface area contributed by atoms with E-state index in [1.165, 1.54) is 11.6 Å². The van der Waals surface area contributed by atoms with Crippen molar-refractivity contribution in [2.24, 2.45) is 0 Å². The minimum atomic E-state index is -1.18. The van der Waals surface area contributed by atoms with E-state index in [0.717, 1.165) is 23.1 Å². The zero-order valence-electron chi connectivity index (χ0n) is 22.9. The summed E-state index contributed by atoms with van der Waals surface area (Å²) in [6.45, 7) is 0.651. The average Bonchev–Trinajstić information content (AvgIpc) is 3.63. The van der Waals surface area contributed by atoms with Crippen molar-refractivity contribution in [3.63, 3.8) is 0 Å². The van der Waals surface area contributed by atoms with E-state index in [9.17, 15) is 20.3 Å². The summed E-state index contributed by atoms with van der Waals surface area (Å²) in [6.07, 6.45) is 8.45. The first-order valence-corrected chi connectivity index (χ1v) is 14.3. The van der Waals surface area contributed by atoms with Crippen LogP contribution in [0.1, 0.15) is 41.5 Å². The molecule has 1 amide bonds. The lowest BCUT2D eigenvalue weighted by atomic mass is 9.47. The SMILES string of the molecule is CN(C(=O)/C=C/c1ccoc1)[C@@H]1CC[C@@]2(O)[C@H]3Cc4ccc(O)c5c4[C@@]2(CC(C#N)N3CCc2ccccc2)[C@H]1O5. The van der Waals surface area contributed by atoms with Gasteiger partial charge in [-0.3, -0.25) is 9.69 Å². The Morgan fingerprint density at radius 2 is 2.07 bits per heavy atom. The maximum Gasteiger partial charge on any atom is 0.246 e. The molecule has 7 rings (SSSR count). The fourth-order valence-corrected chi connectivity index (χ4v) is 8.19. The van der Waals surface area contributed by atoms with Crippen LogP contribution in [0, 0.1) is 11.3 Å². The summed E-state index contributed by atoms with van der Waals surface area (Å²) in [5.41, 5.74) is 1.73. The molecular formula is C33H33N3O5. The lowest BCUT2D eigenvalue weighted by molar-refractivity contribution is -0.206. The smallest absolute Gasteiger partial charge is 0.246 e. The minimum absolute atomic E-state index is 0.0286. The zero-order valence-corrected chi connectivity index (χ0v) is 22.9. The van der Waals surface area contributed by atoms with E-state index < -0.39 is 23.2 Å². The predicted molar refractivity (Wildman–Crippen MR) is 151 cm³/mol. The zero-order chi connectivity index (χ0) is 28.4. The quantitative estimate of drug-likeness (QED) is 0.448. The van der Waals surface area contributed by atoms with Gasteiger partial charge in [-0.1, -0.05) is 36.4 Å². The molecule has 1 spiro atoms. The number of carbonyl (C=O) groups excluding carboxylic acids is 1. The van der Waals surface area contributed by atoms with Gasteiger partial charge in [-0.25, -0.2) is 0 Å². The van der Waals surface area contributed by atoms with Crippen molar-refractivity contribution >= 4 is 12.0 Å². The van der Waals surface area contributed by atoms with Crippen molar-refractivity contribution in [3.8, 4) is 17.6 Å². The van der Waals surface area contributed by atoms with Gasteiger partial charge in [0.1, 0.15) is 6.10 Å². The number of furan rings is 1. The molecule has 2 bridgehead atoms. The number of ether oxygens (including phenoxy) is 1. The summed E-state index contributed by atoms with van der Waals surface area (Å²) >= 11 is 0. The molecule has 8 heteroatoms. The summed E-state index contributed by atoms with van der Waals surface area (Å²) < 4.78 is 11.7. The Morgan fingerprint density at radius 1 is 1.24 bits per heavy atom. The standard InChI is InChI=1S/C33H33N3O5/c1-35(28(38)10-7-22-13-16-40-20-22)25-11-14-33(39)27-17-23-8-9-26(37)30-29(23)32(33,31(25)41-30)18-24(19-34)36(27)15-12-21-5-3-2-4-6-21/h2-10,13,16,20,24-25,27,31,37,39H,11-12,14-15,17-18H2,1H3/b10-7+/t24?,25-,27-,31+,32+,33-/m1/s1. The van der Waals surface area contributed by atoms with Gasteiger partial charge in [0, 0.05) is 36.8 Å². The van der Waals surface area contributed by atoms with Crippen molar-refractivity contribution in [2.45, 2.75) is 67.3 Å². The van der Waals surface area contributed by atoms with Crippen molar-refractivity contribution in [1.29, 1.82) is 5.26 Å². The van der Waals surface area contributed by atoms with Crippen LogP contribution >= 0.6 is 0 Å². The number of aliphatic hydroxyl groups is 1. The largest absolute Gasteiger partial charge is 0.504 e. The molecule has 6 atom stereocenters. The van der Waals surface area contributed by atoms with Gasteiger partial charge < -0.3 is 24.3 Å². The van der Waals surface area contributed by atoms with E-state index in [1.807, 2.05) is 24.3 Å². The van der Waals surface area contributed by atoms with Crippen LogP contribution in [0.25, 0.3) is 6.08 Å². The fraction of sp³-hybridized carbons (Fsp3) is 0.394. The summed E-state index contributed by atoms with van der Waals surface area (Å²) in [6, 6.07) is 17.0. The molecule has 1 aromatic heterocycles. The summed E-state index contributed by atoms with van der Waals surface area (Å²) in [4.78, 5) is 17.2. The Labute approximate surface area is 239 Å². The van der Waals surface area contributed by atoms with E-state index in [4.69, 9.17) is 9.15 Å². The molecule has 2 aliphatic carbocycles. The number of carbonyl (C=O) groups is 1. The number of likely N-dealkylation sites (tertiary alicyclic amines) is 1. The van der Waals surface area contributed by atoms with E-state index in [2.05, 4.69) is 23.1 Å². The molecule has 1 unspecified atom stereocenters. The Kier molecular flexibility index (Phi) is 6.00. The van der Waals surface area contributed by atoms with Crippen molar-refractivity contribution < 1.29 is 24.2 Å². The van der Waals surface area contributed by atoms with Crippen LogP contribution < -0.4 is 4.74 Å². The first-order valence-electron chi connectivity index (χ1n) is 14.3. The maximum absolute atomic E-state index is 13.4. The molecule has 1 saturated heterocycles. The lowest BCUT2D eigenvalue weighted by Gasteiger charge is -2.65. The van der Waals surface area contributed by atoms with Gasteiger partial charge in [-0.05, 0) is 61.4 Å². The predicted octanol–water partition coefficient (Wildman–Crippen LogP) is 3.81. The molecule has 1 saturated carbocycles. The average molecular weight is 552 g/mol. The van der Waals surface area contributed by atoms with Crippen LogP contribution in [0.4, 0.5) is 0 Å². The Morgan fingerprint density at radius 3 is 2.83 bits per heavy atom. The molecule has 3 heterocycles. The third kappa shape index (κ3) is 3.69. The first-order chi connectivity index (χ1) is 19.9. The van der Waals surface area contributed by atoms with Crippen LogP contribution in [0.15, 0.2) is 71.6 Å². The molecule has 2 aromatic carbocycles. The normalized spacial score (nSPS) is 31.3. The third-order valence-electron chi connectivity index (χ3n) is 10.1. The van der Waals surface area contributed by atoms with Crippen LogP contribution in [-0.4, -0.2) is 69.3 Å². The highest BCUT2D eigenvalue weighted by atomic mass is 16.5. The second kappa shape index (κ2) is 9.51. The van der Waals surface area contributed by atoms with E-state index in [0.29, 0.717) is 38.0 Å². The van der Waals surface area contributed by atoms with Crippen LogP contribution in [0.2, 0.25) is 0 Å². The van der Waals surface area contributed by atoms with Crippen molar-refractivity contribution in [3.05, 3.63) is 89.4 Å². The van der Waals surface area contributed by atoms with Gasteiger partial charge >= 0.3 is 0 Å². The Balaban J connectivity index is 1.28. The Hall–Kier alpha value is -4.06. The number of nitrogens with zero attached hydrogens (tertiary/aromatic N) is 3. The van der Waals surface area contributed by atoms with Gasteiger partial charge in [0.15, 0.2) is 11.5 Å². The number of hydrogen-bond donors (Lipinski definition) is 2. The number of rotatable bonds is 6. The van der Waals surface area contributed by atoms with E-state index >= 15 is 0 Å². The number of benzene rings is 2. The van der Waals surface area contributed by atoms with Gasteiger partial charge in [0.2, 0.25) is 5.91 Å². The molecule has 0 radical (unpaired) electrons. The summed E-state index contributed by atoms with van der Waals surface area (Å²) in [5, 5.41) is 34.2. The number of likely N-dealkylation sites (N-methyl/N-ethyl adjacent to an activating group) is 1. The van der Waals surface area contributed by atoms with Gasteiger partial charge in [0.05, 0.1) is 41.7 Å². The molecule has 2 aliphatic heterocycles. The number of phenols is 1. The topological polar surface area (TPSA) is 110 Å². The van der Waals surface area contributed by atoms with Crippen molar-refractivity contribution in [2.75, 3.05) is 13.6 Å². The number of piperidine rings is 1. The number of hydrogen-bond acceptors (Lipinski definition) is 7. The monoisotopic (exact) mass is 551 g/mol. The molecule has 210 valence electrons. The highest BCUT2D eigenvalue weighted by Crippen LogP contribution is 2.66. The molecular weight excluding hydrogens is 518 g/mol. The highest BCUT2D eigenvalue weighted by Gasteiger charge is 2.74. The Bertz CT molecular complexity index is 1550. The molecule has 2 fully saturated rings. The summed E-state index contributed by atoms with van der Waals surface area (Å²) in [5.74, 6) is 0.230. The molecule has 3 aromatic rings. The highest BCUT2D eigenvalue weighted by molar-refractivity contribution is 5.92. The number of amides is 1. The minimum Gasteiger partial charge on any atom is -0.504 e. The number of nitriles is 1. The van der Waals surface area contributed by atoms with Gasteiger partial charge in [0.25, 0.3) is 0 Å². The van der Waals surface area contributed by atoms with Crippen LogP contribution in [0.3, 0.4) is 0 Å². The fourth-order valence-electron chi connectivity index (χ4n) is 8.19. The van der Waals surface area contributed by atoms with Crippen LogP contribution in [0.5, 0.6) is 11.5 Å². The first kappa shape index (κ1) is 25.9. The molecule has 2 N–H and O–H groups in total. The number of aromatic hydroxyl groups is 1. The second-order valence-electron chi connectivity index (χ2n) is 11.9. The molecule has 41 heavy (non-hydrogen) atoms. The maximum atomic E-state index is 13.4. The molecule has 4 aliphatic rings. The van der Waals surface area contributed by atoms with E-state index in [-0.39, 0.29) is 23.7 Å². The third-order valence-corrected chi connectivity index (χ3v) is 10.1. The van der Waals surface area contributed by atoms with Gasteiger partial charge in [-0.15, -0.1) is 0 Å². The lowest BCUT2D eigenvalue weighted by Crippen LogP contribution is -2.79. The van der Waals surface area contributed by atoms with Crippen molar-refractivity contribution in [1.82, 2.24) is 9.80 Å². The van der Waals surface area contributed by atoms with Crippen LogP contribution in [-0.2, 0) is 23.1 Å².